The number of hydrogen-bond donors (Lipinski definition) is 1. The SMILES string of the molecule is CCN(CC)CCOc1ccc(Nc2ncc3c(n2)N(C)S(=O)(=O)C(c2c(Cl)cccc2Cl)=C3)cc1. The van der Waals surface area contributed by atoms with Crippen molar-refractivity contribution in [1.82, 2.24) is 14.9 Å². The quantitative estimate of drug-likeness (QED) is 0.377. The van der Waals surface area contributed by atoms with Crippen LogP contribution in [0.4, 0.5) is 17.5 Å². The summed E-state index contributed by atoms with van der Waals surface area (Å²) in [6, 6.07) is 12.3. The number of likely N-dealkylation sites (N-methyl/N-ethyl adjacent to an activating group) is 1. The number of aromatic nitrogens is 2. The van der Waals surface area contributed by atoms with E-state index in [9.17, 15) is 8.42 Å². The van der Waals surface area contributed by atoms with E-state index < -0.39 is 10.0 Å². The summed E-state index contributed by atoms with van der Waals surface area (Å²) in [5.74, 6) is 1.27. The van der Waals surface area contributed by atoms with Crippen molar-refractivity contribution in [2.75, 3.05) is 42.9 Å². The van der Waals surface area contributed by atoms with Crippen molar-refractivity contribution in [1.29, 1.82) is 0 Å². The molecule has 0 unspecified atom stereocenters. The number of benzene rings is 2. The molecule has 2 aromatic carbocycles. The van der Waals surface area contributed by atoms with Crippen LogP contribution in [0.1, 0.15) is 25.0 Å². The molecule has 0 spiro atoms. The standard InChI is InChI=1S/C25H27Cl2N5O3S/c1-4-32(5-2)13-14-35-19-11-9-18(10-12-19)29-25-28-16-17-15-22(23-20(26)7-6-8-21(23)27)36(33,34)31(3)24(17)30-25/h6-12,15-16H,4-5,13-14H2,1-3H3,(H,28,29,30). The van der Waals surface area contributed by atoms with E-state index in [4.69, 9.17) is 27.9 Å². The molecule has 36 heavy (non-hydrogen) atoms. The minimum Gasteiger partial charge on any atom is -0.492 e. The molecule has 190 valence electrons. The first-order valence-corrected chi connectivity index (χ1v) is 13.7. The lowest BCUT2D eigenvalue weighted by Crippen LogP contribution is -2.31. The molecule has 2 heterocycles. The molecule has 3 aromatic rings. The van der Waals surface area contributed by atoms with Crippen LogP contribution in [0.3, 0.4) is 0 Å². The summed E-state index contributed by atoms with van der Waals surface area (Å²) in [7, 11) is -2.50. The van der Waals surface area contributed by atoms with Crippen LogP contribution >= 0.6 is 23.2 Å². The van der Waals surface area contributed by atoms with Crippen molar-refractivity contribution in [3.05, 3.63) is 69.8 Å². The number of sulfonamides is 1. The van der Waals surface area contributed by atoms with E-state index in [-0.39, 0.29) is 32.3 Å². The Morgan fingerprint density at radius 2 is 1.72 bits per heavy atom. The number of fused-ring (bicyclic) bond motifs is 1. The van der Waals surface area contributed by atoms with Gasteiger partial charge in [0.1, 0.15) is 12.4 Å². The number of anilines is 3. The maximum absolute atomic E-state index is 13.3. The Morgan fingerprint density at radius 3 is 2.36 bits per heavy atom. The van der Waals surface area contributed by atoms with Crippen LogP contribution < -0.4 is 14.4 Å². The Morgan fingerprint density at radius 1 is 1.06 bits per heavy atom. The predicted molar refractivity (Wildman–Crippen MR) is 147 cm³/mol. The minimum atomic E-state index is -3.94. The van der Waals surface area contributed by atoms with E-state index in [0.717, 1.165) is 35.4 Å². The Labute approximate surface area is 221 Å². The second-order valence-electron chi connectivity index (χ2n) is 8.08. The van der Waals surface area contributed by atoms with Crippen LogP contribution in [0, 0.1) is 0 Å². The summed E-state index contributed by atoms with van der Waals surface area (Å²) in [6.07, 6.45) is 3.05. The van der Waals surface area contributed by atoms with E-state index in [0.29, 0.717) is 12.2 Å². The lowest BCUT2D eigenvalue weighted by Gasteiger charge is -2.27. The lowest BCUT2D eigenvalue weighted by molar-refractivity contribution is 0.223. The number of ether oxygens (including phenoxy) is 1. The predicted octanol–water partition coefficient (Wildman–Crippen LogP) is 5.53. The maximum atomic E-state index is 13.3. The monoisotopic (exact) mass is 547 g/mol. The van der Waals surface area contributed by atoms with Crippen molar-refractivity contribution < 1.29 is 13.2 Å². The summed E-state index contributed by atoms with van der Waals surface area (Å²) in [6.45, 7) is 7.71. The molecule has 0 aliphatic carbocycles. The highest BCUT2D eigenvalue weighted by Crippen LogP contribution is 2.41. The molecular weight excluding hydrogens is 521 g/mol. The molecule has 1 N–H and O–H groups in total. The smallest absolute Gasteiger partial charge is 0.265 e. The number of nitrogens with one attached hydrogen (secondary N) is 1. The second kappa shape index (κ2) is 11.0. The van der Waals surface area contributed by atoms with Gasteiger partial charge < -0.3 is 15.0 Å². The third-order valence-electron chi connectivity index (χ3n) is 5.91. The highest BCUT2D eigenvalue weighted by molar-refractivity contribution is 8.02. The van der Waals surface area contributed by atoms with Crippen molar-refractivity contribution in [2.24, 2.45) is 0 Å². The second-order valence-corrected chi connectivity index (χ2v) is 10.8. The zero-order chi connectivity index (χ0) is 25.9. The summed E-state index contributed by atoms with van der Waals surface area (Å²) in [5.41, 5.74) is 1.52. The van der Waals surface area contributed by atoms with Gasteiger partial charge in [0.2, 0.25) is 5.95 Å². The number of halogens is 2. The molecular formula is C25H27Cl2N5O3S. The molecule has 0 fully saturated rings. The Balaban J connectivity index is 1.53. The van der Waals surface area contributed by atoms with Gasteiger partial charge in [0.15, 0.2) is 5.82 Å². The van der Waals surface area contributed by atoms with Crippen LogP contribution in [0.5, 0.6) is 5.75 Å². The van der Waals surface area contributed by atoms with Crippen LogP contribution in [-0.4, -0.2) is 56.6 Å². The maximum Gasteiger partial charge on any atom is 0.265 e. The average Bonchev–Trinajstić information content (AvgIpc) is 2.86. The van der Waals surface area contributed by atoms with Crippen molar-refractivity contribution >= 4 is 61.7 Å². The molecule has 0 saturated heterocycles. The van der Waals surface area contributed by atoms with E-state index in [2.05, 4.69) is 34.0 Å². The van der Waals surface area contributed by atoms with Crippen LogP contribution in [0.25, 0.3) is 11.0 Å². The molecule has 1 aliphatic heterocycles. The molecule has 0 atom stereocenters. The fourth-order valence-corrected chi connectivity index (χ4v) is 5.94. The summed E-state index contributed by atoms with van der Waals surface area (Å²) in [4.78, 5) is 11.1. The van der Waals surface area contributed by atoms with E-state index in [1.165, 1.54) is 13.1 Å². The van der Waals surface area contributed by atoms with Crippen molar-refractivity contribution in [3.63, 3.8) is 0 Å². The Hall–Kier alpha value is -2.85. The first-order chi connectivity index (χ1) is 17.2. The first kappa shape index (κ1) is 26.2. The van der Waals surface area contributed by atoms with Crippen molar-refractivity contribution in [2.45, 2.75) is 13.8 Å². The van der Waals surface area contributed by atoms with Gasteiger partial charge in [0.25, 0.3) is 10.0 Å². The molecule has 0 bridgehead atoms. The third kappa shape index (κ3) is 5.44. The minimum absolute atomic E-state index is 0.00556. The van der Waals surface area contributed by atoms with Gasteiger partial charge in [0.05, 0.1) is 15.0 Å². The lowest BCUT2D eigenvalue weighted by atomic mass is 10.1. The number of hydrogen-bond acceptors (Lipinski definition) is 7. The highest BCUT2D eigenvalue weighted by atomic mass is 35.5. The van der Waals surface area contributed by atoms with Gasteiger partial charge in [-0.25, -0.2) is 13.4 Å². The Kier molecular flexibility index (Phi) is 8.04. The summed E-state index contributed by atoms with van der Waals surface area (Å²) < 4.78 is 33.5. The van der Waals surface area contributed by atoms with Gasteiger partial charge in [-0.15, -0.1) is 0 Å². The van der Waals surface area contributed by atoms with Gasteiger partial charge in [-0.2, -0.15) is 4.98 Å². The molecule has 1 aliphatic rings. The fraction of sp³-hybridized carbons (Fsp3) is 0.280. The fourth-order valence-electron chi connectivity index (χ4n) is 3.80. The zero-order valence-electron chi connectivity index (χ0n) is 20.2. The molecule has 1 aromatic heterocycles. The highest BCUT2D eigenvalue weighted by Gasteiger charge is 2.34. The van der Waals surface area contributed by atoms with Gasteiger partial charge in [-0.3, -0.25) is 4.31 Å². The van der Waals surface area contributed by atoms with Gasteiger partial charge in [0, 0.05) is 36.6 Å². The van der Waals surface area contributed by atoms with Crippen LogP contribution in [-0.2, 0) is 10.0 Å². The summed E-state index contributed by atoms with van der Waals surface area (Å²) in [5, 5.41) is 3.60. The van der Waals surface area contributed by atoms with E-state index >= 15 is 0 Å². The molecule has 11 heteroatoms. The Bertz CT molecular complexity index is 1360. The normalized spacial score (nSPS) is 14.4. The van der Waals surface area contributed by atoms with Crippen molar-refractivity contribution in [3.8, 4) is 5.75 Å². The number of rotatable bonds is 9. The molecule has 4 rings (SSSR count). The molecule has 0 saturated carbocycles. The average molecular weight is 548 g/mol. The topological polar surface area (TPSA) is 87.7 Å². The first-order valence-electron chi connectivity index (χ1n) is 11.5. The zero-order valence-corrected chi connectivity index (χ0v) is 22.5. The van der Waals surface area contributed by atoms with Crippen LogP contribution in [0.2, 0.25) is 10.0 Å². The molecule has 0 amide bonds. The number of nitrogens with zero attached hydrogens (tertiary/aromatic N) is 4. The van der Waals surface area contributed by atoms with E-state index in [1.807, 2.05) is 24.3 Å². The summed E-state index contributed by atoms with van der Waals surface area (Å²) >= 11 is 12.6. The van der Waals surface area contributed by atoms with E-state index in [1.54, 1.807) is 24.4 Å². The van der Waals surface area contributed by atoms with Gasteiger partial charge >= 0.3 is 0 Å². The largest absolute Gasteiger partial charge is 0.492 e. The third-order valence-corrected chi connectivity index (χ3v) is 8.31. The molecule has 0 radical (unpaired) electrons. The van der Waals surface area contributed by atoms with Gasteiger partial charge in [-0.1, -0.05) is 43.1 Å². The van der Waals surface area contributed by atoms with Gasteiger partial charge in [-0.05, 0) is 55.6 Å². The molecule has 8 nitrogen and oxygen atoms in total. The van der Waals surface area contributed by atoms with Crippen LogP contribution in [0.15, 0.2) is 48.7 Å².